The van der Waals surface area contributed by atoms with Crippen LogP contribution in [0.15, 0.2) is 0 Å². The summed E-state index contributed by atoms with van der Waals surface area (Å²) in [6, 6.07) is 0.833. The van der Waals surface area contributed by atoms with Crippen molar-refractivity contribution >= 4 is 0 Å². The summed E-state index contributed by atoms with van der Waals surface area (Å²) >= 11 is 0. The van der Waals surface area contributed by atoms with Gasteiger partial charge in [-0.25, -0.2) is 0 Å². The van der Waals surface area contributed by atoms with Crippen LogP contribution >= 0.6 is 0 Å². The van der Waals surface area contributed by atoms with Gasteiger partial charge in [0, 0.05) is 19.7 Å². The molecule has 0 aromatic carbocycles. The maximum atomic E-state index is 5.02. The molecule has 0 aromatic heterocycles. The third kappa shape index (κ3) is 4.63. The summed E-state index contributed by atoms with van der Waals surface area (Å²) in [5.74, 6) is 0.949. The molecule has 0 aliphatic heterocycles. The van der Waals surface area contributed by atoms with Crippen LogP contribution in [0.1, 0.15) is 33.6 Å². The fourth-order valence-electron chi connectivity index (χ4n) is 1.64. The van der Waals surface area contributed by atoms with E-state index in [2.05, 4.69) is 18.9 Å². The summed E-state index contributed by atoms with van der Waals surface area (Å²) in [5, 5.41) is 0. The summed E-state index contributed by atoms with van der Waals surface area (Å²) in [5.41, 5.74) is 0. The van der Waals surface area contributed by atoms with Crippen LogP contribution in [0.3, 0.4) is 0 Å². The highest BCUT2D eigenvalue weighted by atomic mass is 16.5. The lowest BCUT2D eigenvalue weighted by Gasteiger charge is -2.39. The summed E-state index contributed by atoms with van der Waals surface area (Å²) in [6.45, 7) is 8.26. The molecule has 0 amide bonds. The van der Waals surface area contributed by atoms with Crippen molar-refractivity contribution < 1.29 is 4.74 Å². The Hall–Kier alpha value is -0.0800. The molecular weight excluding hydrogens is 162 g/mol. The molecule has 1 aliphatic rings. The van der Waals surface area contributed by atoms with E-state index in [1.807, 2.05) is 13.8 Å². The molecule has 0 saturated heterocycles. The van der Waals surface area contributed by atoms with E-state index in [-0.39, 0.29) is 0 Å². The summed E-state index contributed by atoms with van der Waals surface area (Å²) < 4.78 is 5.02. The van der Waals surface area contributed by atoms with Crippen LogP contribution in [0, 0.1) is 5.92 Å². The van der Waals surface area contributed by atoms with Crippen LogP contribution in [0.5, 0.6) is 0 Å². The van der Waals surface area contributed by atoms with E-state index in [0.717, 1.165) is 25.1 Å². The Morgan fingerprint density at radius 2 is 1.85 bits per heavy atom. The van der Waals surface area contributed by atoms with Gasteiger partial charge < -0.3 is 9.64 Å². The van der Waals surface area contributed by atoms with Crippen molar-refractivity contribution in [2.24, 2.45) is 5.92 Å². The predicted octanol–water partition coefficient (Wildman–Crippen LogP) is 2.39. The van der Waals surface area contributed by atoms with Crippen LogP contribution in [-0.2, 0) is 4.74 Å². The molecule has 0 radical (unpaired) electrons. The Labute approximate surface area is 83.3 Å². The highest BCUT2D eigenvalue weighted by Gasteiger charge is 2.27. The average molecular weight is 187 g/mol. The molecule has 1 aliphatic carbocycles. The zero-order chi connectivity index (χ0) is 10.3. The first-order valence-electron chi connectivity index (χ1n) is 5.43. The first kappa shape index (κ1) is 12.9. The topological polar surface area (TPSA) is 12.5 Å². The molecule has 80 valence electrons. The number of nitrogens with zero attached hydrogens (tertiary/aromatic N) is 1. The lowest BCUT2D eigenvalue weighted by atomic mass is 9.81. The molecule has 0 N–H and O–H groups in total. The van der Waals surface area contributed by atoms with Gasteiger partial charge in [0.15, 0.2) is 0 Å². The number of methoxy groups -OCH3 is 1. The minimum absolute atomic E-state index is 0.833. The summed E-state index contributed by atoms with van der Waals surface area (Å²) in [4.78, 5) is 2.41. The number of rotatable bonds is 4. The largest absolute Gasteiger partial charge is 0.383 e. The lowest BCUT2D eigenvalue weighted by molar-refractivity contribution is 0.0791. The fourth-order valence-corrected chi connectivity index (χ4v) is 1.64. The molecule has 2 heteroatoms. The van der Waals surface area contributed by atoms with Crippen molar-refractivity contribution in [1.82, 2.24) is 4.90 Å². The minimum atomic E-state index is 0.833. The quantitative estimate of drug-likeness (QED) is 0.670. The first-order chi connectivity index (χ1) is 6.24. The normalized spacial score (nSPS) is 26.3. The number of hydrogen-bond acceptors (Lipinski definition) is 2. The van der Waals surface area contributed by atoms with E-state index in [1.54, 1.807) is 7.11 Å². The Morgan fingerprint density at radius 3 is 2.23 bits per heavy atom. The SMILES string of the molecule is CC.COCCN(C)C1CC(C)C1. The van der Waals surface area contributed by atoms with Crippen LogP contribution in [0.25, 0.3) is 0 Å². The van der Waals surface area contributed by atoms with Crippen molar-refractivity contribution in [3.63, 3.8) is 0 Å². The molecule has 0 spiro atoms. The highest BCUT2D eigenvalue weighted by molar-refractivity contribution is 4.83. The van der Waals surface area contributed by atoms with Crippen LogP contribution in [0.4, 0.5) is 0 Å². The van der Waals surface area contributed by atoms with Gasteiger partial charge in [0.2, 0.25) is 0 Å². The molecule has 1 saturated carbocycles. The van der Waals surface area contributed by atoms with Gasteiger partial charge in [-0.05, 0) is 25.8 Å². The third-order valence-corrected chi connectivity index (χ3v) is 2.62. The first-order valence-corrected chi connectivity index (χ1v) is 5.43. The van der Waals surface area contributed by atoms with E-state index in [4.69, 9.17) is 4.74 Å². The average Bonchev–Trinajstić information content (AvgIpc) is 2.12. The van der Waals surface area contributed by atoms with E-state index in [0.29, 0.717) is 0 Å². The zero-order valence-electron chi connectivity index (χ0n) is 9.84. The predicted molar refractivity (Wildman–Crippen MR) is 58.0 cm³/mol. The maximum absolute atomic E-state index is 5.02. The van der Waals surface area contributed by atoms with E-state index in [1.165, 1.54) is 12.8 Å². The fraction of sp³-hybridized carbons (Fsp3) is 1.00. The second-order valence-electron chi connectivity index (χ2n) is 3.70. The van der Waals surface area contributed by atoms with Crippen LogP contribution in [0.2, 0.25) is 0 Å². The van der Waals surface area contributed by atoms with Gasteiger partial charge >= 0.3 is 0 Å². The second kappa shape index (κ2) is 7.34. The van der Waals surface area contributed by atoms with Crippen molar-refractivity contribution in [2.45, 2.75) is 39.7 Å². The Morgan fingerprint density at radius 1 is 1.31 bits per heavy atom. The van der Waals surface area contributed by atoms with E-state index < -0.39 is 0 Å². The van der Waals surface area contributed by atoms with Gasteiger partial charge in [0.1, 0.15) is 0 Å². The van der Waals surface area contributed by atoms with Crippen molar-refractivity contribution in [3.05, 3.63) is 0 Å². The van der Waals surface area contributed by atoms with E-state index in [9.17, 15) is 0 Å². The summed E-state index contributed by atoms with van der Waals surface area (Å²) in [6.07, 6.45) is 2.75. The Bertz CT molecular complexity index is 111. The van der Waals surface area contributed by atoms with Crippen molar-refractivity contribution in [1.29, 1.82) is 0 Å². The molecule has 0 atom stereocenters. The van der Waals surface area contributed by atoms with E-state index >= 15 is 0 Å². The molecule has 0 aromatic rings. The summed E-state index contributed by atoms with van der Waals surface area (Å²) in [7, 11) is 3.95. The van der Waals surface area contributed by atoms with Crippen LogP contribution in [-0.4, -0.2) is 38.3 Å². The van der Waals surface area contributed by atoms with Gasteiger partial charge in [-0.15, -0.1) is 0 Å². The number of likely N-dealkylation sites (N-methyl/N-ethyl adjacent to an activating group) is 1. The van der Waals surface area contributed by atoms with Crippen LogP contribution < -0.4 is 0 Å². The molecule has 1 rings (SSSR count). The molecule has 1 fully saturated rings. The molecular formula is C11H25NO. The molecule has 0 unspecified atom stereocenters. The van der Waals surface area contributed by atoms with Gasteiger partial charge in [0.25, 0.3) is 0 Å². The van der Waals surface area contributed by atoms with Gasteiger partial charge in [-0.2, -0.15) is 0 Å². The van der Waals surface area contributed by atoms with Crippen molar-refractivity contribution in [3.8, 4) is 0 Å². The van der Waals surface area contributed by atoms with Gasteiger partial charge in [0.05, 0.1) is 6.61 Å². The van der Waals surface area contributed by atoms with Gasteiger partial charge in [-0.1, -0.05) is 20.8 Å². The zero-order valence-corrected chi connectivity index (χ0v) is 9.84. The highest BCUT2D eigenvalue weighted by Crippen LogP contribution is 2.29. The number of ether oxygens (including phenoxy) is 1. The maximum Gasteiger partial charge on any atom is 0.0589 e. The monoisotopic (exact) mass is 187 g/mol. The lowest BCUT2D eigenvalue weighted by Crippen LogP contribution is -2.42. The molecule has 13 heavy (non-hydrogen) atoms. The smallest absolute Gasteiger partial charge is 0.0589 e. The molecule has 0 bridgehead atoms. The third-order valence-electron chi connectivity index (χ3n) is 2.62. The molecule has 2 nitrogen and oxygen atoms in total. The minimum Gasteiger partial charge on any atom is -0.383 e. The van der Waals surface area contributed by atoms with Gasteiger partial charge in [-0.3, -0.25) is 0 Å². The van der Waals surface area contributed by atoms with Crippen molar-refractivity contribution in [2.75, 3.05) is 27.3 Å². The molecule has 0 heterocycles. The second-order valence-corrected chi connectivity index (χ2v) is 3.70. The number of hydrogen-bond donors (Lipinski definition) is 0. The Kier molecular flexibility index (Phi) is 7.29. The standard InChI is InChI=1S/C9H19NO.C2H6/c1-8-6-9(7-8)10(2)4-5-11-3;1-2/h8-9H,4-7H2,1-3H3;1-2H3. The Balaban J connectivity index is 0.000000671.